The summed E-state index contributed by atoms with van der Waals surface area (Å²) < 4.78 is 8.75. The molecule has 3 aliphatic carbocycles. The topological polar surface area (TPSA) is 39.9 Å². The minimum atomic E-state index is -1.26. The van der Waals surface area contributed by atoms with Crippen molar-refractivity contribution >= 4 is 30.0 Å². The molecule has 0 fully saturated rings. The smallest absolute Gasteiger partial charge is 0.421 e. The SMILES string of the molecule is C[Si](C)(C)Cc1cc[c-]c(-c2cccc(Oc3ccc4c5ccccc5n(-c5[c-]ccc6c5C5c7ccccc7C6c6ccccc65)c4n3)n2)c1.[Pt+2]. The summed E-state index contributed by atoms with van der Waals surface area (Å²) >= 11 is 0. The van der Waals surface area contributed by atoms with Crippen LogP contribution in [-0.2, 0) is 27.1 Å². The van der Waals surface area contributed by atoms with Crippen LogP contribution < -0.4 is 4.74 Å². The monoisotopic (exact) mass is 868 g/mol. The number of pyridine rings is 2. The van der Waals surface area contributed by atoms with Gasteiger partial charge < -0.3 is 9.30 Å². The zero-order valence-corrected chi connectivity index (χ0v) is 32.4. The standard InChI is InChI=1S/C46H35N3OSi.Pt/c1-51(2,3)28-29-13-10-14-30(27-29)38-21-12-24-41(47-38)50-42-26-25-36-31-15-8-9-22-39(31)49(46(36)48-42)40-23-11-20-37-43-32-16-4-6-18-34(32)44(45(37)40)35-19-7-5-17-33(35)43;/h4-13,15-22,24-27,43-44H,28H2,1-3H3;/q-2;+2. The van der Waals surface area contributed by atoms with Gasteiger partial charge in [0.2, 0.25) is 11.8 Å². The fourth-order valence-corrected chi connectivity index (χ4v) is 9.97. The van der Waals surface area contributed by atoms with Gasteiger partial charge in [-0.05, 0) is 58.1 Å². The summed E-state index contributed by atoms with van der Waals surface area (Å²) in [5, 5.41) is 2.22. The summed E-state index contributed by atoms with van der Waals surface area (Å²) in [7, 11) is -1.26. The first kappa shape index (κ1) is 32.8. The number of hydrogen-bond acceptors (Lipinski definition) is 3. The second kappa shape index (κ2) is 12.5. The van der Waals surface area contributed by atoms with E-state index in [-0.39, 0.29) is 32.9 Å². The molecule has 0 saturated carbocycles. The maximum Gasteiger partial charge on any atom is 2.00 e. The molecule has 0 spiro atoms. The van der Waals surface area contributed by atoms with Crippen LogP contribution in [0.5, 0.6) is 11.8 Å². The number of rotatable bonds is 6. The minimum Gasteiger partial charge on any atom is -0.421 e. The molecule has 0 amide bonds. The van der Waals surface area contributed by atoms with Crippen molar-refractivity contribution in [2.45, 2.75) is 37.5 Å². The van der Waals surface area contributed by atoms with Crippen molar-refractivity contribution in [1.82, 2.24) is 14.5 Å². The minimum absolute atomic E-state index is 0. The molecular formula is C46H35N3OPtSi. The van der Waals surface area contributed by atoms with Crippen molar-refractivity contribution in [1.29, 1.82) is 0 Å². The maximum absolute atomic E-state index is 6.45. The van der Waals surface area contributed by atoms with E-state index >= 15 is 0 Å². The number of ether oxygens (including phenoxy) is 1. The summed E-state index contributed by atoms with van der Waals surface area (Å²) in [6.07, 6.45) is 0. The van der Waals surface area contributed by atoms with Gasteiger partial charge in [0, 0.05) is 30.8 Å². The van der Waals surface area contributed by atoms with Crippen LogP contribution in [0, 0.1) is 12.1 Å². The molecule has 11 rings (SSSR count). The Balaban J connectivity index is 0.00000360. The van der Waals surface area contributed by atoms with Gasteiger partial charge >= 0.3 is 21.1 Å². The Morgan fingerprint density at radius 1 is 0.635 bits per heavy atom. The Labute approximate surface area is 319 Å². The average molecular weight is 869 g/mol. The number of hydrogen-bond donors (Lipinski definition) is 0. The number of nitrogens with zero attached hydrogens (tertiary/aromatic N) is 3. The van der Waals surface area contributed by atoms with Crippen molar-refractivity contribution in [2.75, 3.05) is 0 Å². The molecular weight excluding hydrogens is 834 g/mol. The second-order valence-electron chi connectivity index (χ2n) is 15.0. The maximum atomic E-state index is 6.45. The largest absolute Gasteiger partial charge is 2.00 e. The molecule has 5 aromatic carbocycles. The number of para-hydroxylation sites is 1. The molecule has 4 nitrogen and oxygen atoms in total. The predicted octanol–water partition coefficient (Wildman–Crippen LogP) is 11.0. The predicted molar refractivity (Wildman–Crippen MR) is 208 cm³/mol. The van der Waals surface area contributed by atoms with E-state index in [4.69, 9.17) is 14.7 Å². The molecule has 8 aromatic rings. The fraction of sp³-hybridized carbons (Fsp3) is 0.130. The van der Waals surface area contributed by atoms with Crippen molar-refractivity contribution in [3.8, 4) is 28.7 Å². The van der Waals surface area contributed by atoms with Gasteiger partial charge in [0.25, 0.3) is 0 Å². The van der Waals surface area contributed by atoms with Crippen LogP contribution in [0.2, 0.25) is 19.6 Å². The van der Waals surface area contributed by atoms with E-state index in [0.29, 0.717) is 11.8 Å². The van der Waals surface area contributed by atoms with Gasteiger partial charge in [0.1, 0.15) is 5.65 Å². The zero-order chi connectivity index (χ0) is 34.3. The van der Waals surface area contributed by atoms with Crippen LogP contribution in [0.15, 0.2) is 133 Å². The molecule has 0 radical (unpaired) electrons. The van der Waals surface area contributed by atoms with Crippen LogP contribution >= 0.6 is 0 Å². The Hall–Kier alpha value is -5.09. The summed E-state index contributed by atoms with van der Waals surface area (Å²) in [5.74, 6) is 1.28. The summed E-state index contributed by atoms with van der Waals surface area (Å²) in [6, 6.07) is 55.4. The summed E-state index contributed by atoms with van der Waals surface area (Å²) in [4.78, 5) is 10.1. The van der Waals surface area contributed by atoms with Crippen LogP contribution in [0.1, 0.15) is 50.8 Å². The van der Waals surface area contributed by atoms with Gasteiger partial charge in [-0.25, -0.2) is 0 Å². The second-order valence-corrected chi connectivity index (χ2v) is 20.5. The third-order valence-electron chi connectivity index (χ3n) is 10.4. The van der Waals surface area contributed by atoms with E-state index in [2.05, 4.69) is 139 Å². The molecule has 0 unspecified atom stereocenters. The molecule has 0 aliphatic heterocycles. The molecule has 3 aliphatic rings. The van der Waals surface area contributed by atoms with E-state index < -0.39 is 8.07 Å². The normalized spacial score (nSPS) is 15.5. The van der Waals surface area contributed by atoms with Gasteiger partial charge in [-0.1, -0.05) is 104 Å². The van der Waals surface area contributed by atoms with E-state index in [1.54, 1.807) is 0 Å². The molecule has 2 bridgehead atoms. The van der Waals surface area contributed by atoms with Gasteiger partial charge in [0.15, 0.2) is 0 Å². The van der Waals surface area contributed by atoms with Gasteiger partial charge in [0.05, 0.1) is 5.52 Å². The number of benzene rings is 5. The first-order valence-corrected chi connectivity index (χ1v) is 21.4. The van der Waals surface area contributed by atoms with Gasteiger partial charge in [-0.3, -0.25) is 4.98 Å². The first-order chi connectivity index (χ1) is 24.9. The van der Waals surface area contributed by atoms with Crippen LogP contribution in [-0.4, -0.2) is 22.6 Å². The van der Waals surface area contributed by atoms with Crippen molar-refractivity contribution in [2.24, 2.45) is 0 Å². The Morgan fingerprint density at radius 3 is 2.06 bits per heavy atom. The van der Waals surface area contributed by atoms with E-state index in [9.17, 15) is 0 Å². The number of fused-ring (bicyclic) bond motifs is 3. The molecule has 0 N–H and O–H groups in total. The van der Waals surface area contributed by atoms with Crippen molar-refractivity contribution in [3.05, 3.63) is 185 Å². The van der Waals surface area contributed by atoms with Gasteiger partial charge in [-0.2, -0.15) is 23.2 Å². The van der Waals surface area contributed by atoms with E-state index in [0.717, 1.165) is 44.9 Å². The molecule has 52 heavy (non-hydrogen) atoms. The van der Waals surface area contributed by atoms with Crippen LogP contribution in [0.3, 0.4) is 0 Å². The average Bonchev–Trinajstić information content (AvgIpc) is 3.47. The third kappa shape index (κ3) is 5.29. The molecule has 254 valence electrons. The summed E-state index contributed by atoms with van der Waals surface area (Å²) in [6.45, 7) is 7.18. The molecule has 0 saturated heterocycles. The van der Waals surface area contributed by atoms with Gasteiger partial charge in [-0.15, -0.1) is 46.5 Å². The molecule has 3 heterocycles. The molecule has 0 atom stereocenters. The zero-order valence-electron chi connectivity index (χ0n) is 29.1. The van der Waals surface area contributed by atoms with Crippen LogP contribution in [0.4, 0.5) is 0 Å². The first-order valence-electron chi connectivity index (χ1n) is 17.7. The Morgan fingerprint density at radius 2 is 1.31 bits per heavy atom. The summed E-state index contributed by atoms with van der Waals surface area (Å²) in [5.41, 5.74) is 14.3. The van der Waals surface area contributed by atoms with E-state index in [1.807, 2.05) is 30.3 Å². The van der Waals surface area contributed by atoms with Crippen LogP contribution in [0.25, 0.3) is 38.9 Å². The Bertz CT molecular complexity index is 2630. The molecule has 6 heteroatoms. The van der Waals surface area contributed by atoms with Crippen molar-refractivity contribution in [3.63, 3.8) is 0 Å². The Kier molecular flexibility index (Phi) is 7.91. The number of aromatic nitrogens is 3. The van der Waals surface area contributed by atoms with Crippen molar-refractivity contribution < 1.29 is 25.8 Å². The quantitative estimate of drug-likeness (QED) is 0.123. The third-order valence-corrected chi connectivity index (χ3v) is 11.9. The van der Waals surface area contributed by atoms with E-state index in [1.165, 1.54) is 38.9 Å². The fourth-order valence-electron chi connectivity index (χ4n) is 8.53. The molecule has 3 aromatic heterocycles.